The number of nitrogens with zero attached hydrogens (tertiary/aromatic N) is 1. The van der Waals surface area contributed by atoms with Crippen molar-refractivity contribution in [2.75, 3.05) is 7.11 Å². The molecule has 0 aliphatic rings. The van der Waals surface area contributed by atoms with Crippen LogP contribution >= 0.6 is 0 Å². The van der Waals surface area contributed by atoms with Gasteiger partial charge in [0.25, 0.3) is 11.6 Å². The van der Waals surface area contributed by atoms with E-state index in [0.29, 0.717) is 0 Å². The second-order valence-corrected chi connectivity index (χ2v) is 5.68. The van der Waals surface area contributed by atoms with E-state index in [2.05, 4.69) is 10.1 Å². The van der Waals surface area contributed by atoms with Crippen LogP contribution in [0.4, 0.5) is 18.9 Å². The molecule has 0 aliphatic carbocycles. The highest BCUT2D eigenvalue weighted by Crippen LogP contribution is 2.32. The Balaban J connectivity index is 2.33. The van der Waals surface area contributed by atoms with Gasteiger partial charge in [-0.15, -0.1) is 0 Å². The molecule has 10 heteroatoms. The van der Waals surface area contributed by atoms with Crippen LogP contribution in [-0.4, -0.2) is 30.0 Å². The average molecular weight is 396 g/mol. The molecule has 0 saturated carbocycles. The Hall–Kier alpha value is -3.43. The van der Waals surface area contributed by atoms with Crippen LogP contribution in [0.25, 0.3) is 0 Å². The standard InChI is InChI=1S/C18H15F3N2O5/c1-28-17(25)14(10-11-6-2-5-9-15(11)23(26)27)22-16(24)12-7-3-4-8-13(12)18(19,20)21/h2-9,14H,10H2,1H3,(H,22,24)/t14-/m0/s1. The Labute approximate surface area is 157 Å². The molecule has 7 nitrogen and oxygen atoms in total. The summed E-state index contributed by atoms with van der Waals surface area (Å²) in [5.74, 6) is -2.10. The Bertz CT molecular complexity index is 899. The van der Waals surface area contributed by atoms with Crippen LogP contribution < -0.4 is 5.32 Å². The summed E-state index contributed by atoms with van der Waals surface area (Å²) in [6.07, 6.45) is -5.10. The molecule has 0 fully saturated rings. The molecule has 28 heavy (non-hydrogen) atoms. The van der Waals surface area contributed by atoms with Gasteiger partial charge in [0.2, 0.25) is 0 Å². The van der Waals surface area contributed by atoms with E-state index in [4.69, 9.17) is 0 Å². The molecule has 1 amide bonds. The number of benzene rings is 2. The number of carbonyl (C=O) groups is 2. The first-order valence-electron chi connectivity index (χ1n) is 7.92. The van der Waals surface area contributed by atoms with E-state index in [0.717, 1.165) is 25.3 Å². The van der Waals surface area contributed by atoms with Crippen molar-refractivity contribution in [1.82, 2.24) is 5.32 Å². The zero-order chi connectivity index (χ0) is 20.9. The molecule has 2 aromatic rings. The van der Waals surface area contributed by atoms with Crippen LogP contribution in [0.15, 0.2) is 48.5 Å². The molecule has 0 saturated heterocycles. The molecule has 1 N–H and O–H groups in total. The third-order valence-corrected chi connectivity index (χ3v) is 3.88. The second kappa shape index (κ2) is 8.51. The number of hydrogen-bond acceptors (Lipinski definition) is 5. The maximum absolute atomic E-state index is 13.1. The fraction of sp³-hybridized carbons (Fsp3) is 0.222. The van der Waals surface area contributed by atoms with Crippen LogP contribution in [0, 0.1) is 10.1 Å². The molecular formula is C18H15F3N2O5. The maximum Gasteiger partial charge on any atom is 0.417 e. The summed E-state index contributed by atoms with van der Waals surface area (Å²) in [6.45, 7) is 0. The monoisotopic (exact) mass is 396 g/mol. The Kier molecular flexibility index (Phi) is 6.34. The minimum Gasteiger partial charge on any atom is -0.467 e. The van der Waals surface area contributed by atoms with E-state index < -0.39 is 40.1 Å². The van der Waals surface area contributed by atoms with Crippen molar-refractivity contribution in [3.63, 3.8) is 0 Å². The number of rotatable bonds is 6. The predicted octanol–water partition coefficient (Wildman–Crippen LogP) is 3.13. The Morgan fingerprint density at radius 3 is 2.36 bits per heavy atom. The van der Waals surface area contributed by atoms with Crippen molar-refractivity contribution in [2.45, 2.75) is 18.6 Å². The number of para-hydroxylation sites is 1. The predicted molar refractivity (Wildman–Crippen MR) is 91.5 cm³/mol. The van der Waals surface area contributed by atoms with Crippen molar-refractivity contribution in [3.8, 4) is 0 Å². The van der Waals surface area contributed by atoms with Gasteiger partial charge >= 0.3 is 12.1 Å². The smallest absolute Gasteiger partial charge is 0.417 e. The molecule has 0 radical (unpaired) electrons. The molecule has 0 unspecified atom stereocenters. The lowest BCUT2D eigenvalue weighted by Crippen LogP contribution is -2.43. The summed E-state index contributed by atoms with van der Waals surface area (Å²) in [5, 5.41) is 13.3. The Morgan fingerprint density at radius 1 is 1.14 bits per heavy atom. The first kappa shape index (κ1) is 20.9. The number of hydrogen-bond donors (Lipinski definition) is 1. The van der Waals surface area contributed by atoms with Crippen molar-refractivity contribution in [3.05, 3.63) is 75.3 Å². The largest absolute Gasteiger partial charge is 0.467 e. The SMILES string of the molecule is COC(=O)[C@H](Cc1ccccc1[N+](=O)[O-])NC(=O)c1ccccc1C(F)(F)F. The first-order chi connectivity index (χ1) is 13.1. The second-order valence-electron chi connectivity index (χ2n) is 5.68. The quantitative estimate of drug-likeness (QED) is 0.460. The molecule has 0 bridgehead atoms. The van der Waals surface area contributed by atoms with Gasteiger partial charge in [-0.2, -0.15) is 13.2 Å². The van der Waals surface area contributed by atoms with Gasteiger partial charge < -0.3 is 10.1 Å². The number of alkyl halides is 3. The summed E-state index contributed by atoms with van der Waals surface area (Å²) in [6, 6.07) is 8.18. The zero-order valence-corrected chi connectivity index (χ0v) is 14.5. The van der Waals surface area contributed by atoms with Gasteiger partial charge in [-0.05, 0) is 12.1 Å². The lowest BCUT2D eigenvalue weighted by atomic mass is 10.0. The van der Waals surface area contributed by atoms with Crippen molar-refractivity contribution in [2.24, 2.45) is 0 Å². The highest BCUT2D eigenvalue weighted by molar-refractivity contribution is 5.98. The number of methoxy groups -OCH3 is 1. The number of nitrogens with one attached hydrogen (secondary N) is 1. The van der Waals surface area contributed by atoms with Gasteiger partial charge in [-0.25, -0.2) is 4.79 Å². The van der Waals surface area contributed by atoms with Crippen molar-refractivity contribution < 1.29 is 32.4 Å². The van der Waals surface area contributed by atoms with Gasteiger partial charge in [-0.3, -0.25) is 14.9 Å². The summed E-state index contributed by atoms with van der Waals surface area (Å²) in [4.78, 5) is 34.9. The van der Waals surface area contributed by atoms with E-state index in [9.17, 15) is 32.9 Å². The average Bonchev–Trinajstić information content (AvgIpc) is 2.66. The van der Waals surface area contributed by atoms with Gasteiger partial charge in [0.15, 0.2) is 0 Å². The van der Waals surface area contributed by atoms with E-state index in [-0.39, 0.29) is 17.7 Å². The van der Waals surface area contributed by atoms with E-state index in [1.54, 1.807) is 0 Å². The van der Waals surface area contributed by atoms with Crippen LogP contribution in [0.3, 0.4) is 0 Å². The third kappa shape index (κ3) is 4.84. The molecule has 2 rings (SSSR count). The highest BCUT2D eigenvalue weighted by Gasteiger charge is 2.36. The summed E-state index contributed by atoms with van der Waals surface area (Å²) < 4.78 is 43.9. The fourth-order valence-corrected chi connectivity index (χ4v) is 2.58. The minimum atomic E-state index is -4.77. The summed E-state index contributed by atoms with van der Waals surface area (Å²) in [5.41, 5.74) is -2.01. The molecule has 0 aliphatic heterocycles. The molecule has 0 aromatic heterocycles. The van der Waals surface area contributed by atoms with E-state index in [1.165, 1.54) is 30.3 Å². The number of esters is 1. The number of nitro groups is 1. The van der Waals surface area contributed by atoms with E-state index in [1.807, 2.05) is 0 Å². The van der Waals surface area contributed by atoms with Gasteiger partial charge in [0.05, 0.1) is 23.2 Å². The van der Waals surface area contributed by atoms with Crippen LogP contribution in [0.2, 0.25) is 0 Å². The first-order valence-corrected chi connectivity index (χ1v) is 7.92. The molecular weight excluding hydrogens is 381 g/mol. The molecule has 0 spiro atoms. The zero-order valence-electron chi connectivity index (χ0n) is 14.5. The number of ether oxygens (including phenoxy) is 1. The number of carbonyl (C=O) groups excluding carboxylic acids is 2. The summed E-state index contributed by atoms with van der Waals surface area (Å²) in [7, 11) is 1.03. The van der Waals surface area contributed by atoms with Crippen molar-refractivity contribution in [1.29, 1.82) is 0 Å². The number of nitro benzene ring substituents is 1. The number of amides is 1. The van der Waals surface area contributed by atoms with E-state index >= 15 is 0 Å². The Morgan fingerprint density at radius 2 is 1.75 bits per heavy atom. The lowest BCUT2D eigenvalue weighted by molar-refractivity contribution is -0.385. The van der Waals surface area contributed by atoms with Gasteiger partial charge in [0.1, 0.15) is 6.04 Å². The van der Waals surface area contributed by atoms with Gasteiger partial charge in [0, 0.05) is 18.1 Å². The summed E-state index contributed by atoms with van der Waals surface area (Å²) >= 11 is 0. The third-order valence-electron chi connectivity index (χ3n) is 3.88. The van der Waals surface area contributed by atoms with Crippen LogP contribution in [0.1, 0.15) is 21.5 Å². The van der Waals surface area contributed by atoms with Crippen LogP contribution in [-0.2, 0) is 22.1 Å². The molecule has 148 valence electrons. The fourth-order valence-electron chi connectivity index (χ4n) is 2.58. The van der Waals surface area contributed by atoms with Crippen molar-refractivity contribution >= 4 is 17.6 Å². The maximum atomic E-state index is 13.1. The lowest BCUT2D eigenvalue weighted by Gasteiger charge is -2.18. The molecule has 1 atom stereocenters. The molecule has 2 aromatic carbocycles. The van der Waals surface area contributed by atoms with Gasteiger partial charge in [-0.1, -0.05) is 30.3 Å². The normalized spacial score (nSPS) is 12.1. The molecule has 0 heterocycles. The van der Waals surface area contributed by atoms with Crippen LogP contribution in [0.5, 0.6) is 0 Å². The highest BCUT2D eigenvalue weighted by atomic mass is 19.4. The topological polar surface area (TPSA) is 98.5 Å². The number of halogens is 3. The minimum absolute atomic E-state index is 0.118.